The van der Waals surface area contributed by atoms with Crippen molar-refractivity contribution in [2.45, 2.75) is 25.5 Å². The number of carbonyl (C=O) groups excluding carboxylic acids is 1. The first-order chi connectivity index (χ1) is 14.5. The lowest BCUT2D eigenvalue weighted by atomic mass is 10.1. The van der Waals surface area contributed by atoms with Gasteiger partial charge in [0, 0.05) is 6.42 Å². The van der Waals surface area contributed by atoms with Gasteiger partial charge in [-0.15, -0.1) is 0 Å². The SMILES string of the molecule is O=C(Cc1ccc(OCc2ccccc2)c(Cl)c1)N[C@H](Cc1ccccc1)C(=O)O. The molecule has 0 saturated carbocycles. The summed E-state index contributed by atoms with van der Waals surface area (Å²) in [5, 5.41) is 12.4. The third-order valence-electron chi connectivity index (χ3n) is 4.51. The minimum Gasteiger partial charge on any atom is -0.487 e. The van der Waals surface area contributed by atoms with Gasteiger partial charge >= 0.3 is 5.97 Å². The summed E-state index contributed by atoms with van der Waals surface area (Å²) in [6.45, 7) is 0.389. The minimum absolute atomic E-state index is 0.0251. The molecule has 0 aliphatic carbocycles. The highest BCUT2D eigenvalue weighted by molar-refractivity contribution is 6.32. The van der Waals surface area contributed by atoms with E-state index in [0.717, 1.165) is 11.1 Å². The number of ether oxygens (including phenoxy) is 1. The average Bonchev–Trinajstić information content (AvgIpc) is 2.74. The normalized spacial score (nSPS) is 11.5. The molecule has 6 heteroatoms. The maximum absolute atomic E-state index is 12.4. The van der Waals surface area contributed by atoms with Gasteiger partial charge in [0.1, 0.15) is 18.4 Å². The zero-order valence-corrected chi connectivity index (χ0v) is 17.0. The predicted molar refractivity (Wildman–Crippen MR) is 116 cm³/mol. The molecule has 0 heterocycles. The summed E-state index contributed by atoms with van der Waals surface area (Å²) in [6.07, 6.45) is 0.242. The highest BCUT2D eigenvalue weighted by atomic mass is 35.5. The zero-order valence-electron chi connectivity index (χ0n) is 16.3. The van der Waals surface area contributed by atoms with Crippen LogP contribution >= 0.6 is 11.6 Å². The molecule has 5 nitrogen and oxygen atoms in total. The molecule has 2 N–H and O–H groups in total. The minimum atomic E-state index is -1.07. The Bertz CT molecular complexity index is 993. The Morgan fingerprint density at radius 2 is 1.53 bits per heavy atom. The molecular weight excluding hydrogens is 402 g/mol. The van der Waals surface area contributed by atoms with Crippen molar-refractivity contribution in [3.8, 4) is 5.75 Å². The fourth-order valence-corrected chi connectivity index (χ4v) is 3.25. The summed E-state index contributed by atoms with van der Waals surface area (Å²) in [5.41, 5.74) is 2.54. The van der Waals surface area contributed by atoms with Crippen LogP contribution in [-0.2, 0) is 29.0 Å². The first-order valence-corrected chi connectivity index (χ1v) is 9.90. The lowest BCUT2D eigenvalue weighted by Gasteiger charge is -2.15. The molecule has 30 heavy (non-hydrogen) atoms. The molecule has 0 fully saturated rings. The third-order valence-corrected chi connectivity index (χ3v) is 4.81. The maximum atomic E-state index is 12.4. The average molecular weight is 424 g/mol. The van der Waals surface area contributed by atoms with Crippen molar-refractivity contribution in [3.05, 3.63) is 101 Å². The Morgan fingerprint density at radius 1 is 0.900 bits per heavy atom. The number of aliphatic carboxylic acids is 1. The van der Waals surface area contributed by atoms with Crippen LogP contribution in [0.2, 0.25) is 5.02 Å². The van der Waals surface area contributed by atoms with E-state index in [1.54, 1.807) is 18.2 Å². The smallest absolute Gasteiger partial charge is 0.326 e. The van der Waals surface area contributed by atoms with E-state index in [2.05, 4.69) is 5.32 Å². The Kier molecular flexibility index (Phi) is 7.46. The van der Waals surface area contributed by atoms with Gasteiger partial charge in [-0.3, -0.25) is 4.79 Å². The summed E-state index contributed by atoms with van der Waals surface area (Å²) < 4.78 is 5.74. The Balaban J connectivity index is 1.57. The molecule has 1 amide bonds. The summed E-state index contributed by atoms with van der Waals surface area (Å²) in [4.78, 5) is 23.9. The van der Waals surface area contributed by atoms with Gasteiger partial charge in [0.15, 0.2) is 0 Å². The second-order valence-corrected chi connectivity index (χ2v) is 7.27. The molecule has 154 valence electrons. The molecule has 3 aromatic carbocycles. The molecule has 0 aliphatic heterocycles. The van der Waals surface area contributed by atoms with E-state index in [1.807, 2.05) is 60.7 Å². The summed E-state index contributed by atoms with van der Waals surface area (Å²) in [6, 6.07) is 23.0. The number of benzene rings is 3. The highest BCUT2D eigenvalue weighted by Gasteiger charge is 2.20. The van der Waals surface area contributed by atoms with Gasteiger partial charge in [0.2, 0.25) is 5.91 Å². The number of amides is 1. The van der Waals surface area contributed by atoms with E-state index >= 15 is 0 Å². The van der Waals surface area contributed by atoms with Crippen LogP contribution in [0.5, 0.6) is 5.75 Å². The van der Waals surface area contributed by atoms with Crippen molar-refractivity contribution in [2.75, 3.05) is 0 Å². The molecule has 0 aliphatic rings. The standard InChI is InChI=1S/C24H22ClNO4/c25-20-13-19(11-12-22(20)30-16-18-9-5-2-6-10-18)15-23(27)26-21(24(28)29)14-17-7-3-1-4-8-17/h1-13,21H,14-16H2,(H,26,27)(H,28,29)/t21-/m1/s1. The topological polar surface area (TPSA) is 75.6 Å². The molecule has 3 aromatic rings. The number of hydrogen-bond donors (Lipinski definition) is 2. The van der Waals surface area contributed by atoms with E-state index in [9.17, 15) is 14.7 Å². The summed E-state index contributed by atoms with van der Waals surface area (Å²) in [5.74, 6) is -0.931. The lowest BCUT2D eigenvalue weighted by molar-refractivity contribution is -0.141. The van der Waals surface area contributed by atoms with Gasteiger partial charge in [0.25, 0.3) is 0 Å². The summed E-state index contributed by atoms with van der Waals surface area (Å²) >= 11 is 6.29. The Hall–Kier alpha value is -3.31. The number of rotatable bonds is 9. The largest absolute Gasteiger partial charge is 0.487 e. The second-order valence-electron chi connectivity index (χ2n) is 6.86. The number of carbonyl (C=O) groups is 2. The van der Waals surface area contributed by atoms with E-state index in [-0.39, 0.29) is 18.7 Å². The van der Waals surface area contributed by atoms with Crippen molar-refractivity contribution in [1.82, 2.24) is 5.32 Å². The number of hydrogen-bond acceptors (Lipinski definition) is 3. The molecule has 0 bridgehead atoms. The van der Waals surface area contributed by atoms with Crippen LogP contribution in [0.4, 0.5) is 0 Å². The van der Waals surface area contributed by atoms with Gasteiger partial charge in [-0.2, -0.15) is 0 Å². The molecule has 0 aromatic heterocycles. The van der Waals surface area contributed by atoms with Crippen LogP contribution in [0, 0.1) is 0 Å². The van der Waals surface area contributed by atoms with E-state index in [1.165, 1.54) is 0 Å². The first-order valence-electron chi connectivity index (χ1n) is 9.52. The molecule has 0 unspecified atom stereocenters. The molecule has 0 radical (unpaired) electrons. The van der Waals surface area contributed by atoms with Gasteiger partial charge in [-0.05, 0) is 28.8 Å². The van der Waals surface area contributed by atoms with Crippen molar-refractivity contribution >= 4 is 23.5 Å². The van der Waals surface area contributed by atoms with Crippen LogP contribution in [0.3, 0.4) is 0 Å². The van der Waals surface area contributed by atoms with E-state index in [0.29, 0.717) is 22.9 Å². The first kappa shape index (κ1) is 21.4. The lowest BCUT2D eigenvalue weighted by Crippen LogP contribution is -2.43. The quantitative estimate of drug-likeness (QED) is 0.538. The molecular formula is C24H22ClNO4. The highest BCUT2D eigenvalue weighted by Crippen LogP contribution is 2.26. The van der Waals surface area contributed by atoms with Crippen LogP contribution in [-0.4, -0.2) is 23.0 Å². The van der Waals surface area contributed by atoms with Crippen LogP contribution in [0.25, 0.3) is 0 Å². The molecule has 3 rings (SSSR count). The fraction of sp³-hybridized carbons (Fsp3) is 0.167. The fourth-order valence-electron chi connectivity index (χ4n) is 2.99. The number of carboxylic acids is 1. The van der Waals surface area contributed by atoms with E-state index in [4.69, 9.17) is 16.3 Å². The van der Waals surface area contributed by atoms with Gasteiger partial charge in [0.05, 0.1) is 11.4 Å². The number of halogens is 1. The maximum Gasteiger partial charge on any atom is 0.326 e. The van der Waals surface area contributed by atoms with Gasteiger partial charge in [-0.25, -0.2) is 4.79 Å². The Morgan fingerprint density at radius 3 is 2.13 bits per heavy atom. The van der Waals surface area contributed by atoms with Crippen molar-refractivity contribution < 1.29 is 19.4 Å². The number of nitrogens with one attached hydrogen (secondary N) is 1. The Labute approximate surface area is 180 Å². The predicted octanol–water partition coefficient (Wildman–Crippen LogP) is 4.27. The van der Waals surface area contributed by atoms with E-state index < -0.39 is 12.0 Å². The van der Waals surface area contributed by atoms with Gasteiger partial charge in [-0.1, -0.05) is 78.3 Å². The monoisotopic (exact) mass is 423 g/mol. The van der Waals surface area contributed by atoms with Crippen molar-refractivity contribution in [2.24, 2.45) is 0 Å². The van der Waals surface area contributed by atoms with Crippen LogP contribution in [0.15, 0.2) is 78.9 Å². The van der Waals surface area contributed by atoms with Crippen LogP contribution in [0.1, 0.15) is 16.7 Å². The zero-order chi connectivity index (χ0) is 21.3. The third kappa shape index (κ3) is 6.36. The van der Waals surface area contributed by atoms with Gasteiger partial charge < -0.3 is 15.2 Å². The molecule has 1 atom stereocenters. The number of carboxylic acid groups (broad SMARTS) is 1. The molecule has 0 saturated heterocycles. The van der Waals surface area contributed by atoms with Crippen molar-refractivity contribution in [3.63, 3.8) is 0 Å². The summed E-state index contributed by atoms with van der Waals surface area (Å²) in [7, 11) is 0. The molecule has 0 spiro atoms. The second kappa shape index (κ2) is 10.5. The van der Waals surface area contributed by atoms with Crippen LogP contribution < -0.4 is 10.1 Å². The van der Waals surface area contributed by atoms with Crippen molar-refractivity contribution in [1.29, 1.82) is 0 Å².